The topological polar surface area (TPSA) is 73.5 Å². The first-order valence-electron chi connectivity index (χ1n) is 7.05. The van der Waals surface area contributed by atoms with Gasteiger partial charge in [-0.2, -0.15) is 15.5 Å². The molecule has 2 aromatic rings. The molecule has 6 heteroatoms. The first-order valence-corrected chi connectivity index (χ1v) is 7.05. The molecular formula is C14H16N6. The van der Waals surface area contributed by atoms with Gasteiger partial charge in [0, 0.05) is 31.5 Å². The predicted octanol–water partition coefficient (Wildman–Crippen LogP) is 1.02. The number of hydrogen-bond acceptors (Lipinski definition) is 4. The van der Waals surface area contributed by atoms with Crippen LogP contribution in [0.25, 0.3) is 0 Å². The van der Waals surface area contributed by atoms with Crippen LogP contribution in [0.2, 0.25) is 0 Å². The number of likely N-dealkylation sites (tertiary alicyclic amines) is 1. The summed E-state index contributed by atoms with van der Waals surface area (Å²) in [5.41, 5.74) is 4.63. The fourth-order valence-electron chi connectivity index (χ4n) is 3.17. The lowest BCUT2D eigenvalue weighted by Gasteiger charge is -2.38. The van der Waals surface area contributed by atoms with E-state index in [0.717, 1.165) is 26.1 Å². The van der Waals surface area contributed by atoms with Gasteiger partial charge < -0.3 is 0 Å². The number of aromatic amines is 1. The Morgan fingerprint density at radius 3 is 3.10 bits per heavy atom. The second kappa shape index (κ2) is 4.46. The number of aromatic nitrogens is 4. The number of fused-ring (bicyclic) bond motifs is 1. The smallest absolute Gasteiger partial charge is 0.102 e. The number of rotatable bonds is 3. The molecule has 0 radical (unpaired) electrons. The normalized spacial score (nSPS) is 18.8. The van der Waals surface area contributed by atoms with Gasteiger partial charge in [0.15, 0.2) is 0 Å². The highest BCUT2D eigenvalue weighted by Crippen LogP contribution is 2.27. The maximum Gasteiger partial charge on any atom is 0.102 e. The van der Waals surface area contributed by atoms with Gasteiger partial charge in [-0.15, -0.1) is 0 Å². The summed E-state index contributed by atoms with van der Waals surface area (Å²) in [6.45, 7) is 2.89. The van der Waals surface area contributed by atoms with Crippen molar-refractivity contribution in [1.82, 2.24) is 24.9 Å². The van der Waals surface area contributed by atoms with Crippen molar-refractivity contribution in [1.29, 1.82) is 5.26 Å². The molecule has 20 heavy (non-hydrogen) atoms. The van der Waals surface area contributed by atoms with Gasteiger partial charge in [-0.3, -0.25) is 14.7 Å². The minimum atomic E-state index is 0.393. The van der Waals surface area contributed by atoms with Gasteiger partial charge in [-0.05, 0) is 24.8 Å². The molecule has 0 aromatic carbocycles. The molecule has 0 bridgehead atoms. The average Bonchev–Trinajstić information content (AvgIpc) is 3.10. The van der Waals surface area contributed by atoms with Gasteiger partial charge in [-0.25, -0.2) is 0 Å². The van der Waals surface area contributed by atoms with Crippen LogP contribution >= 0.6 is 0 Å². The summed E-state index contributed by atoms with van der Waals surface area (Å²) in [6, 6.07) is 2.51. The van der Waals surface area contributed by atoms with Crippen LogP contribution in [0.1, 0.15) is 35.0 Å². The number of nitrogens with zero attached hydrogens (tertiary/aromatic N) is 5. The molecule has 1 aliphatic carbocycles. The number of nitrogens with one attached hydrogen (secondary N) is 1. The molecule has 2 aromatic heterocycles. The Labute approximate surface area is 117 Å². The van der Waals surface area contributed by atoms with Crippen LogP contribution in [0.15, 0.2) is 12.4 Å². The monoisotopic (exact) mass is 268 g/mol. The molecule has 1 fully saturated rings. The molecule has 0 saturated carbocycles. The zero-order valence-corrected chi connectivity index (χ0v) is 11.2. The quantitative estimate of drug-likeness (QED) is 0.902. The van der Waals surface area contributed by atoms with Gasteiger partial charge in [0.25, 0.3) is 0 Å². The van der Waals surface area contributed by atoms with E-state index in [1.54, 1.807) is 6.20 Å². The molecule has 6 nitrogen and oxygen atoms in total. The standard InChI is InChI=1S/C14H16N6/c15-4-10-5-16-20(6-10)11-7-19(8-11)9-14-12-2-1-3-13(12)17-18-14/h5-6,11H,1-3,7-9H2,(H,17,18). The summed E-state index contributed by atoms with van der Waals surface area (Å²) in [5, 5.41) is 20.7. The molecule has 3 heterocycles. The Hall–Kier alpha value is -2.13. The lowest BCUT2D eigenvalue weighted by molar-refractivity contribution is 0.0892. The summed E-state index contributed by atoms with van der Waals surface area (Å²) >= 11 is 0. The van der Waals surface area contributed by atoms with E-state index < -0.39 is 0 Å². The Morgan fingerprint density at radius 1 is 1.40 bits per heavy atom. The summed E-state index contributed by atoms with van der Waals surface area (Å²) in [5.74, 6) is 0. The average molecular weight is 268 g/mol. The lowest BCUT2D eigenvalue weighted by atomic mass is 10.1. The van der Waals surface area contributed by atoms with E-state index in [1.807, 2.05) is 10.9 Å². The van der Waals surface area contributed by atoms with E-state index >= 15 is 0 Å². The molecule has 102 valence electrons. The zero-order valence-electron chi connectivity index (χ0n) is 11.2. The van der Waals surface area contributed by atoms with E-state index in [4.69, 9.17) is 5.26 Å². The van der Waals surface area contributed by atoms with Gasteiger partial charge >= 0.3 is 0 Å². The van der Waals surface area contributed by atoms with Crippen molar-refractivity contribution in [3.05, 3.63) is 34.9 Å². The number of aryl methyl sites for hydroxylation is 1. The van der Waals surface area contributed by atoms with Crippen LogP contribution < -0.4 is 0 Å². The van der Waals surface area contributed by atoms with Crippen LogP contribution in [-0.4, -0.2) is 38.0 Å². The summed E-state index contributed by atoms with van der Waals surface area (Å²) in [6.07, 6.45) is 7.03. The van der Waals surface area contributed by atoms with E-state index in [1.165, 1.54) is 29.8 Å². The van der Waals surface area contributed by atoms with E-state index in [0.29, 0.717) is 11.6 Å². The van der Waals surface area contributed by atoms with Crippen molar-refractivity contribution in [2.75, 3.05) is 13.1 Å². The third-order valence-corrected chi connectivity index (χ3v) is 4.31. The van der Waals surface area contributed by atoms with Crippen molar-refractivity contribution < 1.29 is 0 Å². The molecule has 1 N–H and O–H groups in total. The number of nitriles is 1. The fraction of sp³-hybridized carbons (Fsp3) is 0.500. The van der Waals surface area contributed by atoms with E-state index in [2.05, 4.69) is 26.3 Å². The Bertz CT molecular complexity index is 670. The summed E-state index contributed by atoms with van der Waals surface area (Å²) in [4.78, 5) is 2.38. The highest BCUT2D eigenvalue weighted by molar-refractivity contribution is 5.29. The van der Waals surface area contributed by atoms with Crippen LogP contribution in [0.5, 0.6) is 0 Å². The molecule has 2 aliphatic rings. The largest absolute Gasteiger partial charge is 0.293 e. The molecule has 0 atom stereocenters. The van der Waals surface area contributed by atoms with Gasteiger partial charge in [-0.1, -0.05) is 0 Å². The maximum atomic E-state index is 8.81. The van der Waals surface area contributed by atoms with Crippen LogP contribution in [0.4, 0.5) is 0 Å². The minimum Gasteiger partial charge on any atom is -0.293 e. The van der Waals surface area contributed by atoms with Crippen LogP contribution in [-0.2, 0) is 19.4 Å². The maximum absolute atomic E-state index is 8.81. The highest BCUT2D eigenvalue weighted by Gasteiger charge is 2.30. The molecule has 0 spiro atoms. The van der Waals surface area contributed by atoms with Gasteiger partial charge in [0.1, 0.15) is 6.07 Å². The number of H-pyrrole nitrogens is 1. The third kappa shape index (κ3) is 1.82. The summed E-state index contributed by atoms with van der Waals surface area (Å²) < 4.78 is 1.91. The van der Waals surface area contributed by atoms with Crippen LogP contribution in [0.3, 0.4) is 0 Å². The highest BCUT2D eigenvalue weighted by atomic mass is 15.4. The SMILES string of the molecule is N#Cc1cnn(C2CN(Cc3n[nH]c4c3CCC4)C2)c1. The summed E-state index contributed by atoms with van der Waals surface area (Å²) in [7, 11) is 0. The number of hydrogen-bond donors (Lipinski definition) is 1. The molecule has 1 saturated heterocycles. The van der Waals surface area contributed by atoms with Crippen molar-refractivity contribution >= 4 is 0 Å². The third-order valence-electron chi connectivity index (χ3n) is 4.31. The van der Waals surface area contributed by atoms with E-state index in [9.17, 15) is 0 Å². The molecule has 4 rings (SSSR count). The Kier molecular flexibility index (Phi) is 2.60. The molecule has 0 unspecified atom stereocenters. The molecule has 1 aliphatic heterocycles. The fourth-order valence-corrected chi connectivity index (χ4v) is 3.17. The van der Waals surface area contributed by atoms with Crippen molar-refractivity contribution in [2.24, 2.45) is 0 Å². The second-order valence-corrected chi connectivity index (χ2v) is 5.65. The van der Waals surface area contributed by atoms with Gasteiger partial charge in [0.2, 0.25) is 0 Å². The first kappa shape index (κ1) is 11.7. The van der Waals surface area contributed by atoms with Crippen molar-refractivity contribution in [3.63, 3.8) is 0 Å². The zero-order chi connectivity index (χ0) is 13.5. The predicted molar refractivity (Wildman–Crippen MR) is 71.9 cm³/mol. The van der Waals surface area contributed by atoms with Crippen LogP contribution in [0, 0.1) is 11.3 Å². The lowest BCUT2D eigenvalue weighted by Crippen LogP contribution is -2.47. The first-order chi connectivity index (χ1) is 9.83. The minimum absolute atomic E-state index is 0.393. The Balaban J connectivity index is 1.38. The Morgan fingerprint density at radius 2 is 2.30 bits per heavy atom. The van der Waals surface area contributed by atoms with Crippen molar-refractivity contribution in [2.45, 2.75) is 31.8 Å². The van der Waals surface area contributed by atoms with Gasteiger partial charge in [0.05, 0.1) is 23.5 Å². The molecule has 0 amide bonds. The van der Waals surface area contributed by atoms with Crippen molar-refractivity contribution in [3.8, 4) is 6.07 Å². The second-order valence-electron chi connectivity index (χ2n) is 5.65. The van der Waals surface area contributed by atoms with E-state index in [-0.39, 0.29) is 0 Å². The molecular weight excluding hydrogens is 252 g/mol.